The molecule has 0 saturated carbocycles. The zero-order valence-electron chi connectivity index (χ0n) is 12.3. The fourth-order valence-corrected chi connectivity index (χ4v) is 4.06. The van der Waals surface area contributed by atoms with Crippen molar-refractivity contribution in [1.29, 1.82) is 0 Å². The first-order chi connectivity index (χ1) is 10.7. The standard InChI is InChI=1S/C16H18ClFN2OS/c1-21-12-4-2-3-11(15(12)18)16(13-5-6-14(17)22-13)20-9-7-19-8-10-20/h2-6,16,19H,7-10H2,1H3/t16-/m1/s1. The number of hydrogen-bond acceptors (Lipinski definition) is 4. The van der Waals surface area contributed by atoms with Crippen molar-refractivity contribution >= 4 is 22.9 Å². The van der Waals surface area contributed by atoms with Gasteiger partial charge in [-0.25, -0.2) is 4.39 Å². The maximum absolute atomic E-state index is 14.8. The third kappa shape index (κ3) is 3.13. The number of ether oxygens (including phenoxy) is 1. The van der Waals surface area contributed by atoms with Gasteiger partial charge < -0.3 is 10.1 Å². The lowest BCUT2D eigenvalue weighted by molar-refractivity contribution is 0.197. The molecule has 1 fully saturated rings. The number of methoxy groups -OCH3 is 1. The van der Waals surface area contributed by atoms with E-state index in [0.717, 1.165) is 35.4 Å². The lowest BCUT2D eigenvalue weighted by Crippen LogP contribution is -2.45. The van der Waals surface area contributed by atoms with Crippen LogP contribution in [0.1, 0.15) is 16.5 Å². The van der Waals surface area contributed by atoms with Crippen LogP contribution in [0.25, 0.3) is 0 Å². The summed E-state index contributed by atoms with van der Waals surface area (Å²) in [5.41, 5.74) is 0.639. The summed E-state index contributed by atoms with van der Waals surface area (Å²) in [7, 11) is 1.49. The van der Waals surface area contributed by atoms with Crippen molar-refractivity contribution in [2.24, 2.45) is 0 Å². The van der Waals surface area contributed by atoms with E-state index in [4.69, 9.17) is 16.3 Å². The minimum absolute atomic E-state index is 0.130. The van der Waals surface area contributed by atoms with Crippen LogP contribution in [0, 0.1) is 5.82 Å². The van der Waals surface area contributed by atoms with Crippen LogP contribution in [0.3, 0.4) is 0 Å². The molecule has 3 rings (SSSR count). The van der Waals surface area contributed by atoms with Gasteiger partial charge in [0, 0.05) is 36.6 Å². The van der Waals surface area contributed by atoms with Crippen LogP contribution < -0.4 is 10.1 Å². The van der Waals surface area contributed by atoms with Gasteiger partial charge in [0.25, 0.3) is 0 Å². The summed E-state index contributed by atoms with van der Waals surface area (Å²) in [6.07, 6.45) is 0. The summed E-state index contributed by atoms with van der Waals surface area (Å²) >= 11 is 7.60. The molecule has 0 unspecified atom stereocenters. The molecule has 1 N–H and O–H groups in total. The maximum Gasteiger partial charge on any atom is 0.170 e. The van der Waals surface area contributed by atoms with Crippen molar-refractivity contribution < 1.29 is 9.13 Å². The molecule has 0 amide bonds. The molecule has 1 aliphatic rings. The molecule has 1 atom stereocenters. The molecule has 6 heteroatoms. The normalized spacial score (nSPS) is 17.4. The zero-order chi connectivity index (χ0) is 15.5. The van der Waals surface area contributed by atoms with Gasteiger partial charge in [0.2, 0.25) is 0 Å². The van der Waals surface area contributed by atoms with Gasteiger partial charge in [-0.3, -0.25) is 4.90 Å². The van der Waals surface area contributed by atoms with Gasteiger partial charge in [-0.1, -0.05) is 23.7 Å². The van der Waals surface area contributed by atoms with E-state index in [0.29, 0.717) is 5.56 Å². The third-order valence-electron chi connectivity index (χ3n) is 3.89. The van der Waals surface area contributed by atoms with E-state index in [1.54, 1.807) is 6.07 Å². The number of nitrogens with one attached hydrogen (secondary N) is 1. The highest BCUT2D eigenvalue weighted by Crippen LogP contribution is 2.38. The molecule has 2 heterocycles. The van der Waals surface area contributed by atoms with Crippen molar-refractivity contribution in [1.82, 2.24) is 10.2 Å². The number of rotatable bonds is 4. The van der Waals surface area contributed by atoms with Gasteiger partial charge in [0.1, 0.15) is 0 Å². The number of nitrogens with zero attached hydrogens (tertiary/aromatic N) is 1. The number of piperazine rings is 1. The van der Waals surface area contributed by atoms with E-state index < -0.39 is 0 Å². The fourth-order valence-electron chi connectivity index (χ4n) is 2.84. The first-order valence-electron chi connectivity index (χ1n) is 7.23. The van der Waals surface area contributed by atoms with Gasteiger partial charge >= 0.3 is 0 Å². The SMILES string of the molecule is COc1cccc([C@H](c2ccc(Cl)s2)N2CCNCC2)c1F. The highest BCUT2D eigenvalue weighted by molar-refractivity contribution is 7.16. The number of halogens is 2. The third-order valence-corrected chi connectivity index (χ3v) is 5.17. The molecule has 0 bridgehead atoms. The van der Waals surface area contributed by atoms with Crippen LogP contribution in [0.4, 0.5) is 4.39 Å². The molecule has 1 aromatic heterocycles. The Bertz CT molecular complexity index is 643. The molecule has 3 nitrogen and oxygen atoms in total. The van der Waals surface area contributed by atoms with E-state index in [9.17, 15) is 4.39 Å². The van der Waals surface area contributed by atoms with Crippen LogP contribution >= 0.6 is 22.9 Å². The largest absolute Gasteiger partial charge is 0.494 e. The monoisotopic (exact) mass is 340 g/mol. The van der Waals surface area contributed by atoms with E-state index in [1.807, 2.05) is 24.3 Å². The van der Waals surface area contributed by atoms with Crippen molar-refractivity contribution in [3.05, 3.63) is 50.9 Å². The molecule has 0 aliphatic carbocycles. The second-order valence-electron chi connectivity index (χ2n) is 5.19. The van der Waals surface area contributed by atoms with Gasteiger partial charge in [-0.2, -0.15) is 0 Å². The van der Waals surface area contributed by atoms with Crippen LogP contribution in [-0.2, 0) is 0 Å². The quantitative estimate of drug-likeness (QED) is 0.921. The Morgan fingerprint density at radius 2 is 2.05 bits per heavy atom. The lowest BCUT2D eigenvalue weighted by atomic mass is 10.0. The Labute approximate surface area is 138 Å². The minimum Gasteiger partial charge on any atom is -0.494 e. The second-order valence-corrected chi connectivity index (χ2v) is 6.94. The Morgan fingerprint density at radius 1 is 1.27 bits per heavy atom. The molecule has 2 aromatic rings. The summed E-state index contributed by atoms with van der Waals surface area (Å²) < 4.78 is 20.6. The highest BCUT2D eigenvalue weighted by atomic mass is 35.5. The zero-order valence-corrected chi connectivity index (χ0v) is 13.9. The highest BCUT2D eigenvalue weighted by Gasteiger charge is 2.28. The maximum atomic E-state index is 14.8. The number of hydrogen-bond donors (Lipinski definition) is 1. The summed E-state index contributed by atoms with van der Waals surface area (Å²) in [6.45, 7) is 3.55. The van der Waals surface area contributed by atoms with Crippen LogP contribution in [-0.4, -0.2) is 38.2 Å². The average Bonchev–Trinajstić information content (AvgIpc) is 2.96. The molecule has 0 radical (unpaired) electrons. The summed E-state index contributed by atoms with van der Waals surface area (Å²) in [5.74, 6) is -0.0154. The summed E-state index contributed by atoms with van der Waals surface area (Å²) in [6, 6.07) is 9.04. The molecular formula is C16H18ClFN2OS. The van der Waals surface area contributed by atoms with Gasteiger partial charge in [-0.15, -0.1) is 11.3 Å². The minimum atomic E-state index is -0.293. The molecule has 1 saturated heterocycles. The van der Waals surface area contributed by atoms with Gasteiger partial charge in [0.15, 0.2) is 11.6 Å². The van der Waals surface area contributed by atoms with E-state index in [-0.39, 0.29) is 17.6 Å². The smallest absolute Gasteiger partial charge is 0.170 e. The fraction of sp³-hybridized carbons (Fsp3) is 0.375. The lowest BCUT2D eigenvalue weighted by Gasteiger charge is -2.35. The Morgan fingerprint density at radius 3 is 2.68 bits per heavy atom. The van der Waals surface area contributed by atoms with E-state index in [1.165, 1.54) is 18.4 Å². The number of thiophene rings is 1. The molecule has 1 aromatic carbocycles. The number of benzene rings is 1. The van der Waals surface area contributed by atoms with Crippen molar-refractivity contribution in [2.75, 3.05) is 33.3 Å². The van der Waals surface area contributed by atoms with Crippen LogP contribution in [0.15, 0.2) is 30.3 Å². The summed E-state index contributed by atoms with van der Waals surface area (Å²) in [4.78, 5) is 3.34. The van der Waals surface area contributed by atoms with Crippen molar-refractivity contribution in [3.8, 4) is 5.75 Å². The van der Waals surface area contributed by atoms with E-state index >= 15 is 0 Å². The Balaban J connectivity index is 2.05. The first kappa shape index (κ1) is 15.7. The molecule has 118 valence electrons. The molecule has 0 spiro atoms. The van der Waals surface area contributed by atoms with Gasteiger partial charge in [-0.05, 0) is 18.2 Å². The molecule has 22 heavy (non-hydrogen) atoms. The predicted octanol–water partition coefficient (Wildman–Crippen LogP) is 3.54. The Hall–Kier alpha value is -1.14. The Kier molecular flexibility index (Phi) is 4.98. The summed E-state index contributed by atoms with van der Waals surface area (Å²) in [5, 5.41) is 3.33. The first-order valence-corrected chi connectivity index (χ1v) is 8.42. The molecular weight excluding hydrogens is 323 g/mol. The second kappa shape index (κ2) is 6.96. The van der Waals surface area contributed by atoms with Crippen LogP contribution in [0.2, 0.25) is 4.34 Å². The van der Waals surface area contributed by atoms with Crippen molar-refractivity contribution in [2.45, 2.75) is 6.04 Å². The molecule has 1 aliphatic heterocycles. The predicted molar refractivity (Wildman–Crippen MR) is 88.6 cm³/mol. The van der Waals surface area contributed by atoms with Crippen molar-refractivity contribution in [3.63, 3.8) is 0 Å². The average molecular weight is 341 g/mol. The van der Waals surface area contributed by atoms with Gasteiger partial charge in [0.05, 0.1) is 17.5 Å². The topological polar surface area (TPSA) is 24.5 Å². The van der Waals surface area contributed by atoms with Crippen LogP contribution in [0.5, 0.6) is 5.75 Å². The van der Waals surface area contributed by atoms with E-state index in [2.05, 4.69) is 10.2 Å².